The summed E-state index contributed by atoms with van der Waals surface area (Å²) in [5, 5.41) is 12.7. The average Bonchev–Trinajstić information content (AvgIpc) is 3.18. The smallest absolute Gasteiger partial charge is 0.239 e. The maximum atomic E-state index is 12.5. The minimum Gasteiger partial charge on any atom is -0.392 e. The van der Waals surface area contributed by atoms with E-state index in [2.05, 4.69) is 28.4 Å². The van der Waals surface area contributed by atoms with Gasteiger partial charge in [-0.25, -0.2) is 0 Å². The molecule has 1 aromatic rings. The van der Waals surface area contributed by atoms with Crippen molar-refractivity contribution in [3.8, 4) is 0 Å². The summed E-state index contributed by atoms with van der Waals surface area (Å²) in [5.41, 5.74) is 2.44. The van der Waals surface area contributed by atoms with Crippen molar-refractivity contribution in [1.82, 2.24) is 10.2 Å². The molecular formula is C17H25N3O2. The van der Waals surface area contributed by atoms with Crippen molar-refractivity contribution in [2.24, 2.45) is 0 Å². The topological polar surface area (TPSA) is 55.8 Å². The third kappa shape index (κ3) is 3.25. The number of anilines is 1. The van der Waals surface area contributed by atoms with Crippen LogP contribution in [0.25, 0.3) is 0 Å². The molecule has 1 aromatic carbocycles. The highest BCUT2D eigenvalue weighted by Gasteiger charge is 2.30. The minimum absolute atomic E-state index is 0.0628. The van der Waals surface area contributed by atoms with Gasteiger partial charge < -0.3 is 20.2 Å². The standard InChI is InChI=1S/C17H25N3O2/c1-19(17(22)15-10-14(21)11-18-15)12-13-6-2-3-7-16(13)20-8-4-5-9-20/h2-3,6-7,14-15,18,21H,4-5,8-12H2,1H3. The zero-order valence-electron chi connectivity index (χ0n) is 13.2. The Labute approximate surface area is 131 Å². The Balaban J connectivity index is 1.68. The zero-order chi connectivity index (χ0) is 15.5. The largest absolute Gasteiger partial charge is 0.392 e. The van der Waals surface area contributed by atoms with Crippen molar-refractivity contribution < 1.29 is 9.90 Å². The summed E-state index contributed by atoms with van der Waals surface area (Å²) in [7, 11) is 1.84. The molecule has 0 saturated carbocycles. The van der Waals surface area contributed by atoms with E-state index >= 15 is 0 Å². The van der Waals surface area contributed by atoms with Crippen LogP contribution in [0.15, 0.2) is 24.3 Å². The van der Waals surface area contributed by atoms with E-state index in [1.165, 1.54) is 24.1 Å². The molecule has 2 heterocycles. The molecule has 2 saturated heterocycles. The Morgan fingerprint density at radius 3 is 2.77 bits per heavy atom. The van der Waals surface area contributed by atoms with Gasteiger partial charge in [-0.1, -0.05) is 18.2 Å². The number of nitrogens with one attached hydrogen (secondary N) is 1. The Morgan fingerprint density at radius 2 is 2.09 bits per heavy atom. The number of para-hydroxylation sites is 1. The predicted molar refractivity (Wildman–Crippen MR) is 86.8 cm³/mol. The van der Waals surface area contributed by atoms with Gasteiger partial charge in [0.1, 0.15) is 0 Å². The summed E-state index contributed by atoms with van der Waals surface area (Å²) in [6.07, 6.45) is 2.59. The molecule has 0 spiro atoms. The molecule has 2 atom stereocenters. The number of aliphatic hydroxyl groups is 1. The lowest BCUT2D eigenvalue weighted by molar-refractivity contribution is -0.132. The maximum absolute atomic E-state index is 12.5. The van der Waals surface area contributed by atoms with E-state index in [-0.39, 0.29) is 11.9 Å². The first-order chi connectivity index (χ1) is 10.6. The van der Waals surface area contributed by atoms with Gasteiger partial charge in [0.25, 0.3) is 0 Å². The van der Waals surface area contributed by atoms with Gasteiger partial charge in [-0.15, -0.1) is 0 Å². The molecule has 2 N–H and O–H groups in total. The van der Waals surface area contributed by atoms with Gasteiger partial charge >= 0.3 is 0 Å². The van der Waals surface area contributed by atoms with Crippen LogP contribution in [0.3, 0.4) is 0 Å². The first-order valence-electron chi connectivity index (χ1n) is 8.14. The number of hydrogen-bond donors (Lipinski definition) is 2. The molecule has 2 aliphatic heterocycles. The highest BCUT2D eigenvalue weighted by atomic mass is 16.3. The Kier molecular flexibility index (Phi) is 4.64. The van der Waals surface area contributed by atoms with Crippen LogP contribution in [-0.4, -0.2) is 54.7 Å². The lowest BCUT2D eigenvalue weighted by Gasteiger charge is -2.26. The van der Waals surface area contributed by atoms with Gasteiger partial charge in [0, 0.05) is 38.9 Å². The minimum atomic E-state index is -0.403. The van der Waals surface area contributed by atoms with Crippen LogP contribution in [0.4, 0.5) is 5.69 Å². The number of carbonyl (C=O) groups excluding carboxylic acids is 1. The molecule has 5 heteroatoms. The summed E-state index contributed by atoms with van der Waals surface area (Å²) < 4.78 is 0. The van der Waals surface area contributed by atoms with E-state index in [0.29, 0.717) is 19.5 Å². The van der Waals surface area contributed by atoms with Crippen LogP contribution in [0.2, 0.25) is 0 Å². The molecule has 2 unspecified atom stereocenters. The van der Waals surface area contributed by atoms with E-state index in [9.17, 15) is 9.90 Å². The van der Waals surface area contributed by atoms with E-state index < -0.39 is 6.10 Å². The molecular weight excluding hydrogens is 278 g/mol. The maximum Gasteiger partial charge on any atom is 0.239 e. The van der Waals surface area contributed by atoms with Crippen LogP contribution in [0.5, 0.6) is 0 Å². The highest BCUT2D eigenvalue weighted by molar-refractivity contribution is 5.82. The number of benzene rings is 1. The van der Waals surface area contributed by atoms with Crippen LogP contribution in [0.1, 0.15) is 24.8 Å². The first kappa shape index (κ1) is 15.3. The second-order valence-corrected chi connectivity index (χ2v) is 6.37. The molecule has 2 fully saturated rings. The van der Waals surface area contributed by atoms with Crippen LogP contribution < -0.4 is 10.2 Å². The van der Waals surface area contributed by atoms with E-state index in [4.69, 9.17) is 0 Å². The van der Waals surface area contributed by atoms with Crippen molar-refractivity contribution >= 4 is 11.6 Å². The van der Waals surface area contributed by atoms with Gasteiger partial charge in [0.05, 0.1) is 12.1 Å². The van der Waals surface area contributed by atoms with Crippen molar-refractivity contribution in [3.05, 3.63) is 29.8 Å². The number of hydrogen-bond acceptors (Lipinski definition) is 4. The number of β-amino-alcohol motifs (C(OH)–C–C–N with tert-alkyl or cyclic N) is 1. The third-order valence-corrected chi connectivity index (χ3v) is 4.63. The SMILES string of the molecule is CN(Cc1ccccc1N1CCCC1)C(=O)C1CC(O)CN1. The van der Waals surface area contributed by atoms with Gasteiger partial charge in [0.2, 0.25) is 5.91 Å². The fourth-order valence-corrected chi connectivity index (χ4v) is 3.42. The number of nitrogens with zero attached hydrogens (tertiary/aromatic N) is 2. The number of aliphatic hydroxyl groups excluding tert-OH is 1. The lowest BCUT2D eigenvalue weighted by Crippen LogP contribution is -2.41. The summed E-state index contributed by atoms with van der Waals surface area (Å²) in [5.74, 6) is 0.0628. The summed E-state index contributed by atoms with van der Waals surface area (Å²) in [6, 6.07) is 8.10. The Morgan fingerprint density at radius 1 is 1.36 bits per heavy atom. The van der Waals surface area contributed by atoms with Crippen molar-refractivity contribution in [1.29, 1.82) is 0 Å². The Bertz CT molecular complexity index is 528. The van der Waals surface area contributed by atoms with Crippen molar-refractivity contribution in [2.45, 2.75) is 38.0 Å². The predicted octanol–water partition coefficient (Wildman–Crippen LogP) is 0.968. The fourth-order valence-electron chi connectivity index (χ4n) is 3.42. The van der Waals surface area contributed by atoms with Crippen LogP contribution >= 0.6 is 0 Å². The van der Waals surface area contributed by atoms with Crippen LogP contribution in [-0.2, 0) is 11.3 Å². The quantitative estimate of drug-likeness (QED) is 0.870. The Hall–Kier alpha value is -1.59. The molecule has 0 aromatic heterocycles. The first-order valence-corrected chi connectivity index (χ1v) is 8.14. The second kappa shape index (κ2) is 6.67. The van der Waals surface area contributed by atoms with E-state index in [1.807, 2.05) is 13.1 Å². The molecule has 0 bridgehead atoms. The molecule has 0 radical (unpaired) electrons. The average molecular weight is 303 g/mol. The second-order valence-electron chi connectivity index (χ2n) is 6.37. The molecule has 2 aliphatic rings. The van der Waals surface area contributed by atoms with Crippen molar-refractivity contribution in [3.63, 3.8) is 0 Å². The number of likely N-dealkylation sites (N-methyl/N-ethyl adjacent to an activating group) is 1. The molecule has 5 nitrogen and oxygen atoms in total. The lowest BCUT2D eigenvalue weighted by atomic mass is 10.1. The summed E-state index contributed by atoms with van der Waals surface area (Å²) in [6.45, 7) is 3.32. The number of rotatable bonds is 4. The van der Waals surface area contributed by atoms with E-state index in [0.717, 1.165) is 13.1 Å². The van der Waals surface area contributed by atoms with Crippen molar-refractivity contribution in [2.75, 3.05) is 31.6 Å². The summed E-state index contributed by atoms with van der Waals surface area (Å²) in [4.78, 5) is 16.6. The molecule has 1 amide bonds. The van der Waals surface area contributed by atoms with Gasteiger partial charge in [-0.3, -0.25) is 4.79 Å². The van der Waals surface area contributed by atoms with E-state index in [1.54, 1.807) is 4.90 Å². The molecule has 120 valence electrons. The zero-order valence-corrected chi connectivity index (χ0v) is 13.2. The molecule has 3 rings (SSSR count). The fraction of sp³-hybridized carbons (Fsp3) is 0.588. The molecule has 22 heavy (non-hydrogen) atoms. The highest BCUT2D eigenvalue weighted by Crippen LogP contribution is 2.25. The van der Waals surface area contributed by atoms with Gasteiger partial charge in [-0.2, -0.15) is 0 Å². The van der Waals surface area contributed by atoms with Gasteiger partial charge in [0.15, 0.2) is 0 Å². The number of carbonyl (C=O) groups is 1. The summed E-state index contributed by atoms with van der Waals surface area (Å²) >= 11 is 0. The molecule has 0 aliphatic carbocycles. The number of amides is 1. The van der Waals surface area contributed by atoms with Crippen LogP contribution in [0, 0.1) is 0 Å². The monoisotopic (exact) mass is 303 g/mol. The third-order valence-electron chi connectivity index (χ3n) is 4.63. The normalized spacial score (nSPS) is 24.7. The van der Waals surface area contributed by atoms with Gasteiger partial charge in [-0.05, 0) is 30.9 Å².